The van der Waals surface area contributed by atoms with E-state index in [9.17, 15) is 0 Å². The van der Waals surface area contributed by atoms with E-state index >= 15 is 0 Å². The van der Waals surface area contributed by atoms with Crippen molar-refractivity contribution in [3.8, 4) is 0 Å². The summed E-state index contributed by atoms with van der Waals surface area (Å²) in [6.07, 6.45) is 0. The fraction of sp³-hybridized carbons (Fsp3) is 1.00. The second kappa shape index (κ2) is 20.8. The normalized spacial score (nSPS) is 6.00. The summed E-state index contributed by atoms with van der Waals surface area (Å²) in [6, 6.07) is 0. The molecule has 0 aliphatic rings. The minimum absolute atomic E-state index is 1.00. The van der Waals surface area contributed by atoms with Gasteiger partial charge in [-0.25, -0.2) is 5.48 Å². The number of hydroxylamine groups is 1. The fourth-order valence-corrected chi connectivity index (χ4v) is 0. The van der Waals surface area contributed by atoms with Crippen LogP contribution in [0.2, 0.25) is 0 Å². The molecule has 0 unspecified atom stereocenters. The largest absolute Gasteiger partial charge is 0.400 e. The molecule has 6 heavy (non-hydrogen) atoms. The van der Waals surface area contributed by atoms with Crippen LogP contribution in [0.15, 0.2) is 0 Å². The molecule has 0 saturated heterocycles. The maximum absolute atomic E-state index is 7.00. The number of aliphatic hydroxyl groups is 1. The summed E-state index contributed by atoms with van der Waals surface area (Å²) in [5.41, 5.74) is 2.43. The van der Waals surface area contributed by atoms with Crippen LogP contribution in [0.5, 0.6) is 0 Å². The van der Waals surface area contributed by atoms with E-state index in [1.165, 1.54) is 0 Å². The SMILES string of the molecule is CNOC.CO. The summed E-state index contributed by atoms with van der Waals surface area (Å²) in [7, 11) is 4.28. The van der Waals surface area contributed by atoms with Gasteiger partial charge in [0.2, 0.25) is 0 Å². The maximum Gasteiger partial charge on any atom is 0.0572 e. The van der Waals surface area contributed by atoms with E-state index in [4.69, 9.17) is 5.11 Å². The second-order valence-electron chi connectivity index (χ2n) is 0.408. The van der Waals surface area contributed by atoms with Crippen molar-refractivity contribution in [1.82, 2.24) is 5.48 Å². The molecule has 0 aliphatic heterocycles. The molecule has 2 N–H and O–H groups in total. The molecular weight excluding hydrogens is 82.0 g/mol. The third-order valence-electron chi connectivity index (χ3n) is 0.204. The van der Waals surface area contributed by atoms with Gasteiger partial charge in [-0.2, -0.15) is 0 Å². The molecule has 0 aromatic carbocycles. The minimum Gasteiger partial charge on any atom is -0.400 e. The predicted octanol–water partition coefficient (Wildman–Crippen LogP) is -0.624. The molecular formula is C3H11NO2. The van der Waals surface area contributed by atoms with Crippen LogP contribution in [0.1, 0.15) is 0 Å². The summed E-state index contributed by atoms with van der Waals surface area (Å²) in [5, 5.41) is 7.00. The molecule has 0 fully saturated rings. The third-order valence-corrected chi connectivity index (χ3v) is 0.204. The summed E-state index contributed by atoms with van der Waals surface area (Å²) in [6.45, 7) is 0. The van der Waals surface area contributed by atoms with Crippen LogP contribution >= 0.6 is 0 Å². The molecule has 3 nitrogen and oxygen atoms in total. The number of rotatable bonds is 1. The first-order valence-electron chi connectivity index (χ1n) is 1.56. The highest BCUT2D eigenvalue weighted by molar-refractivity contribution is 3.76. The van der Waals surface area contributed by atoms with Crippen molar-refractivity contribution in [2.24, 2.45) is 0 Å². The molecule has 0 aromatic rings. The van der Waals surface area contributed by atoms with Gasteiger partial charge in [-0.1, -0.05) is 0 Å². The number of hydrogen-bond donors (Lipinski definition) is 2. The fourth-order valence-electron chi connectivity index (χ4n) is 0. The van der Waals surface area contributed by atoms with E-state index in [1.54, 1.807) is 14.2 Å². The zero-order valence-corrected chi connectivity index (χ0v) is 4.36. The number of aliphatic hydroxyl groups excluding tert-OH is 1. The molecule has 0 rings (SSSR count). The molecule has 0 aromatic heterocycles. The number of nitrogens with one attached hydrogen (secondary N) is 1. The average molecular weight is 93.1 g/mol. The van der Waals surface area contributed by atoms with E-state index in [0.717, 1.165) is 7.11 Å². The van der Waals surface area contributed by atoms with Crippen LogP contribution in [-0.4, -0.2) is 26.4 Å². The molecule has 0 aliphatic carbocycles. The first-order chi connectivity index (χ1) is 2.91. The lowest BCUT2D eigenvalue weighted by molar-refractivity contribution is 0.112. The molecule has 3 heteroatoms. The van der Waals surface area contributed by atoms with Crippen LogP contribution in [0.3, 0.4) is 0 Å². The lowest BCUT2D eigenvalue weighted by Gasteiger charge is -1.80. The van der Waals surface area contributed by atoms with Gasteiger partial charge in [-0.3, -0.25) is 0 Å². The Labute approximate surface area is 37.9 Å². The van der Waals surface area contributed by atoms with Crippen LogP contribution in [0, 0.1) is 0 Å². The molecule has 0 heterocycles. The van der Waals surface area contributed by atoms with Gasteiger partial charge in [0.05, 0.1) is 7.11 Å². The predicted molar refractivity (Wildman–Crippen MR) is 24.2 cm³/mol. The highest BCUT2D eigenvalue weighted by atomic mass is 16.6. The van der Waals surface area contributed by atoms with Gasteiger partial charge in [0.15, 0.2) is 0 Å². The Kier molecular flexibility index (Phi) is 32.2. The first kappa shape index (κ1) is 9.30. The van der Waals surface area contributed by atoms with Crippen molar-refractivity contribution < 1.29 is 9.94 Å². The topological polar surface area (TPSA) is 41.5 Å². The monoisotopic (exact) mass is 93.1 g/mol. The van der Waals surface area contributed by atoms with Crippen LogP contribution in [-0.2, 0) is 4.84 Å². The first-order valence-corrected chi connectivity index (χ1v) is 1.56. The lowest BCUT2D eigenvalue weighted by atomic mass is 11.5. The minimum atomic E-state index is 1.00. The van der Waals surface area contributed by atoms with Gasteiger partial charge >= 0.3 is 0 Å². The average Bonchev–Trinajstić information content (AvgIpc) is 1.72. The Hall–Kier alpha value is -0.120. The van der Waals surface area contributed by atoms with Crippen molar-refractivity contribution in [3.63, 3.8) is 0 Å². The van der Waals surface area contributed by atoms with Crippen LogP contribution in [0.25, 0.3) is 0 Å². The Morgan fingerprint density at radius 2 is 1.67 bits per heavy atom. The van der Waals surface area contributed by atoms with Crippen molar-refractivity contribution in [1.29, 1.82) is 0 Å². The molecule has 0 saturated carbocycles. The Morgan fingerprint density at radius 1 is 1.50 bits per heavy atom. The Bertz CT molecular complexity index is 10.8. The van der Waals surface area contributed by atoms with E-state index in [-0.39, 0.29) is 0 Å². The Balaban J connectivity index is 0. The van der Waals surface area contributed by atoms with Gasteiger partial charge in [0, 0.05) is 14.2 Å². The highest BCUT2D eigenvalue weighted by Crippen LogP contribution is 1.32. The van der Waals surface area contributed by atoms with Crippen molar-refractivity contribution >= 4 is 0 Å². The van der Waals surface area contributed by atoms with Crippen molar-refractivity contribution in [3.05, 3.63) is 0 Å². The molecule has 0 radical (unpaired) electrons. The third kappa shape index (κ3) is 41.6. The summed E-state index contributed by atoms with van der Waals surface area (Å²) < 4.78 is 0. The smallest absolute Gasteiger partial charge is 0.0572 e. The molecule has 0 atom stereocenters. The summed E-state index contributed by atoms with van der Waals surface area (Å²) in [5.74, 6) is 0. The molecule has 0 amide bonds. The molecule has 0 bridgehead atoms. The van der Waals surface area contributed by atoms with Crippen LogP contribution in [0.4, 0.5) is 0 Å². The second-order valence-corrected chi connectivity index (χ2v) is 0.408. The standard InChI is InChI=1S/C2H7NO.CH4O/c1-3-4-2;1-2/h3H,1-2H3;2H,1H3. The lowest BCUT2D eigenvalue weighted by Crippen LogP contribution is -2.00. The van der Waals surface area contributed by atoms with Gasteiger partial charge in [-0.15, -0.1) is 0 Å². The zero-order chi connectivity index (χ0) is 5.41. The van der Waals surface area contributed by atoms with Gasteiger partial charge in [0.1, 0.15) is 0 Å². The molecule has 40 valence electrons. The van der Waals surface area contributed by atoms with Crippen molar-refractivity contribution in [2.75, 3.05) is 21.3 Å². The van der Waals surface area contributed by atoms with Crippen LogP contribution < -0.4 is 5.48 Å². The van der Waals surface area contributed by atoms with Gasteiger partial charge in [-0.05, 0) is 0 Å². The van der Waals surface area contributed by atoms with E-state index < -0.39 is 0 Å². The van der Waals surface area contributed by atoms with E-state index in [0.29, 0.717) is 0 Å². The van der Waals surface area contributed by atoms with Gasteiger partial charge < -0.3 is 9.94 Å². The zero-order valence-electron chi connectivity index (χ0n) is 4.36. The Morgan fingerprint density at radius 3 is 1.67 bits per heavy atom. The quantitative estimate of drug-likeness (QED) is 0.424. The van der Waals surface area contributed by atoms with Gasteiger partial charge in [0.25, 0.3) is 0 Å². The van der Waals surface area contributed by atoms with E-state index in [2.05, 4.69) is 10.3 Å². The molecule has 0 spiro atoms. The summed E-state index contributed by atoms with van der Waals surface area (Å²) in [4.78, 5) is 4.29. The number of hydrogen-bond acceptors (Lipinski definition) is 3. The van der Waals surface area contributed by atoms with E-state index in [1.807, 2.05) is 0 Å². The summed E-state index contributed by atoms with van der Waals surface area (Å²) >= 11 is 0. The van der Waals surface area contributed by atoms with Crippen molar-refractivity contribution in [2.45, 2.75) is 0 Å². The highest BCUT2D eigenvalue weighted by Gasteiger charge is 1.45. The maximum atomic E-state index is 7.00.